The highest BCUT2D eigenvalue weighted by atomic mass is 33.1. The second-order valence-corrected chi connectivity index (χ2v) is 5.46. The molecular formula is C10H19NS2. The van der Waals surface area contributed by atoms with Gasteiger partial charge >= 0.3 is 0 Å². The third kappa shape index (κ3) is 8.52. The summed E-state index contributed by atoms with van der Waals surface area (Å²) in [5, 5.41) is 11.3. The van der Waals surface area contributed by atoms with Crippen LogP contribution in [0, 0.1) is 10.7 Å². The molecule has 0 aromatic rings. The molecule has 0 spiro atoms. The van der Waals surface area contributed by atoms with E-state index in [1.165, 1.54) is 49.3 Å². The summed E-state index contributed by atoms with van der Waals surface area (Å²) in [5.41, 5.74) is 0. The van der Waals surface area contributed by atoms with E-state index in [-0.39, 0.29) is 0 Å². The first-order valence-corrected chi connectivity index (χ1v) is 7.27. The van der Waals surface area contributed by atoms with Gasteiger partial charge in [-0.25, -0.2) is 0 Å². The van der Waals surface area contributed by atoms with Crippen molar-refractivity contribution in [3.05, 3.63) is 0 Å². The Morgan fingerprint density at radius 1 is 1.15 bits per heavy atom. The van der Waals surface area contributed by atoms with Crippen LogP contribution < -0.4 is 0 Å². The number of hydrogen-bond acceptors (Lipinski definition) is 3. The fraction of sp³-hybridized carbons (Fsp3) is 0.900. The highest BCUT2D eigenvalue weighted by molar-refractivity contribution is 8.78. The average Bonchev–Trinajstić information content (AvgIpc) is 2.14. The van der Waals surface area contributed by atoms with Crippen LogP contribution in [0.3, 0.4) is 0 Å². The van der Waals surface area contributed by atoms with E-state index in [1.54, 1.807) is 10.8 Å². The molecule has 1 atom stereocenters. The van der Waals surface area contributed by atoms with Crippen LogP contribution in [0.1, 0.15) is 52.4 Å². The molecule has 0 aliphatic heterocycles. The smallest absolute Gasteiger partial charge is 0.144 e. The Morgan fingerprint density at radius 3 is 2.46 bits per heavy atom. The molecule has 0 fully saturated rings. The number of thiocyanates is 1. The molecule has 0 rings (SSSR count). The van der Waals surface area contributed by atoms with Crippen LogP contribution in [0.25, 0.3) is 0 Å². The molecular weight excluding hydrogens is 198 g/mol. The average molecular weight is 217 g/mol. The van der Waals surface area contributed by atoms with Gasteiger partial charge in [-0.2, -0.15) is 5.26 Å². The second kappa shape index (κ2) is 10.3. The topological polar surface area (TPSA) is 23.8 Å². The number of hydrogen-bond donors (Lipinski definition) is 0. The lowest BCUT2D eigenvalue weighted by molar-refractivity contribution is 0.616. The van der Waals surface area contributed by atoms with Gasteiger partial charge in [-0.15, -0.1) is 0 Å². The molecule has 0 aromatic heterocycles. The molecule has 0 radical (unpaired) electrons. The molecule has 0 aromatic carbocycles. The summed E-state index contributed by atoms with van der Waals surface area (Å²) in [6.45, 7) is 4.44. The van der Waals surface area contributed by atoms with Crippen LogP contribution in [0.15, 0.2) is 0 Å². The van der Waals surface area contributed by atoms with Gasteiger partial charge in [0.25, 0.3) is 0 Å². The van der Waals surface area contributed by atoms with Gasteiger partial charge in [0.05, 0.1) is 0 Å². The largest absolute Gasteiger partial charge is 0.184 e. The molecule has 0 aliphatic rings. The number of unbranched alkanes of at least 4 members (excludes halogenated alkanes) is 2. The number of rotatable bonds is 8. The first-order chi connectivity index (χ1) is 6.35. The van der Waals surface area contributed by atoms with E-state index >= 15 is 0 Å². The SMILES string of the molecule is CCCCCC(CCC)SSC#N. The predicted molar refractivity (Wildman–Crippen MR) is 63.6 cm³/mol. The first kappa shape index (κ1) is 13.2. The lowest BCUT2D eigenvalue weighted by Gasteiger charge is -2.12. The van der Waals surface area contributed by atoms with Crippen molar-refractivity contribution in [2.45, 2.75) is 57.6 Å². The quantitative estimate of drug-likeness (QED) is 0.337. The summed E-state index contributed by atoms with van der Waals surface area (Å²) in [5.74, 6) is 0. The van der Waals surface area contributed by atoms with Crippen molar-refractivity contribution in [2.75, 3.05) is 0 Å². The van der Waals surface area contributed by atoms with E-state index < -0.39 is 0 Å². The molecule has 1 nitrogen and oxygen atoms in total. The van der Waals surface area contributed by atoms with Gasteiger partial charge in [0.15, 0.2) is 0 Å². The summed E-state index contributed by atoms with van der Waals surface area (Å²) in [6.07, 6.45) is 7.70. The van der Waals surface area contributed by atoms with Crippen LogP contribution in [0.5, 0.6) is 0 Å². The van der Waals surface area contributed by atoms with Crippen LogP contribution >= 0.6 is 21.6 Å². The summed E-state index contributed by atoms with van der Waals surface area (Å²) in [6, 6.07) is 0. The molecule has 0 N–H and O–H groups in total. The van der Waals surface area contributed by atoms with Gasteiger partial charge in [-0.1, -0.05) is 50.3 Å². The maximum Gasteiger partial charge on any atom is 0.144 e. The zero-order valence-corrected chi connectivity index (χ0v) is 10.2. The van der Waals surface area contributed by atoms with Gasteiger partial charge in [0, 0.05) is 16.0 Å². The van der Waals surface area contributed by atoms with E-state index in [0.717, 1.165) is 0 Å². The van der Waals surface area contributed by atoms with E-state index in [0.29, 0.717) is 5.25 Å². The molecule has 1 unspecified atom stereocenters. The molecule has 0 aliphatic carbocycles. The maximum absolute atomic E-state index is 8.45. The van der Waals surface area contributed by atoms with E-state index in [2.05, 4.69) is 19.2 Å². The predicted octanol–water partition coefficient (Wildman–Crippen LogP) is 4.60. The summed E-state index contributed by atoms with van der Waals surface area (Å²) in [4.78, 5) is 0. The Kier molecular flexibility index (Phi) is 10.4. The molecule has 13 heavy (non-hydrogen) atoms. The lowest BCUT2D eigenvalue weighted by atomic mass is 10.1. The summed E-state index contributed by atoms with van der Waals surface area (Å²) < 4.78 is 0. The van der Waals surface area contributed by atoms with Crippen molar-refractivity contribution < 1.29 is 0 Å². The standard InChI is InChI=1S/C10H19NS2/c1-3-5-6-8-10(7-4-2)13-12-9-11/h10H,3-8H2,1-2H3. The Balaban J connectivity index is 3.48. The normalized spacial score (nSPS) is 12.4. The Labute approximate surface area is 90.1 Å². The monoisotopic (exact) mass is 217 g/mol. The van der Waals surface area contributed by atoms with E-state index in [1.807, 2.05) is 0 Å². The molecule has 76 valence electrons. The van der Waals surface area contributed by atoms with E-state index in [9.17, 15) is 0 Å². The molecule has 0 bridgehead atoms. The highest BCUT2D eigenvalue weighted by Gasteiger charge is 2.07. The number of nitriles is 1. The van der Waals surface area contributed by atoms with Crippen LogP contribution in [0.4, 0.5) is 0 Å². The van der Waals surface area contributed by atoms with Crippen molar-refractivity contribution >= 4 is 21.6 Å². The van der Waals surface area contributed by atoms with Crippen molar-refractivity contribution in [1.82, 2.24) is 0 Å². The van der Waals surface area contributed by atoms with Crippen molar-refractivity contribution in [3.63, 3.8) is 0 Å². The Hall–Kier alpha value is 0.190. The molecule has 0 amide bonds. The fourth-order valence-electron chi connectivity index (χ4n) is 1.27. The lowest BCUT2D eigenvalue weighted by Crippen LogP contribution is -1.99. The Bertz CT molecular complexity index is 142. The number of nitrogens with zero attached hydrogens (tertiary/aromatic N) is 1. The first-order valence-electron chi connectivity index (χ1n) is 5.06. The minimum Gasteiger partial charge on any atom is -0.184 e. The molecule has 0 saturated carbocycles. The van der Waals surface area contributed by atoms with Crippen LogP contribution in [-0.4, -0.2) is 5.25 Å². The zero-order valence-electron chi connectivity index (χ0n) is 8.58. The van der Waals surface area contributed by atoms with Crippen LogP contribution in [0.2, 0.25) is 0 Å². The van der Waals surface area contributed by atoms with E-state index in [4.69, 9.17) is 5.26 Å². The minimum absolute atomic E-state index is 0.696. The highest BCUT2D eigenvalue weighted by Crippen LogP contribution is 2.31. The van der Waals surface area contributed by atoms with Gasteiger partial charge < -0.3 is 0 Å². The van der Waals surface area contributed by atoms with Gasteiger partial charge in [0.1, 0.15) is 5.40 Å². The van der Waals surface area contributed by atoms with Gasteiger partial charge in [0.2, 0.25) is 0 Å². The molecule has 3 heteroatoms. The maximum atomic E-state index is 8.45. The Morgan fingerprint density at radius 2 is 1.92 bits per heavy atom. The molecule has 0 heterocycles. The third-order valence-corrected chi connectivity index (χ3v) is 4.20. The minimum atomic E-state index is 0.696. The van der Waals surface area contributed by atoms with Gasteiger partial charge in [-0.3, -0.25) is 0 Å². The zero-order chi connectivity index (χ0) is 9.94. The van der Waals surface area contributed by atoms with Crippen LogP contribution in [-0.2, 0) is 0 Å². The second-order valence-electron chi connectivity index (χ2n) is 3.18. The van der Waals surface area contributed by atoms with Crippen molar-refractivity contribution in [3.8, 4) is 5.40 Å². The summed E-state index contributed by atoms with van der Waals surface area (Å²) in [7, 11) is 3.09. The summed E-state index contributed by atoms with van der Waals surface area (Å²) >= 11 is 0. The van der Waals surface area contributed by atoms with Gasteiger partial charge in [-0.05, 0) is 12.8 Å². The third-order valence-electron chi connectivity index (χ3n) is 1.96. The van der Waals surface area contributed by atoms with Crippen molar-refractivity contribution in [2.24, 2.45) is 0 Å². The molecule has 0 saturated heterocycles. The fourth-order valence-corrected chi connectivity index (χ4v) is 3.16. The van der Waals surface area contributed by atoms with Crippen molar-refractivity contribution in [1.29, 1.82) is 5.26 Å².